The van der Waals surface area contributed by atoms with Crippen LogP contribution in [0.15, 0.2) is 48.5 Å². The lowest BCUT2D eigenvalue weighted by Gasteiger charge is -2.37. The molecule has 0 spiro atoms. The topological polar surface area (TPSA) is 77.5 Å². The number of benzene rings is 2. The summed E-state index contributed by atoms with van der Waals surface area (Å²) >= 11 is 0. The van der Waals surface area contributed by atoms with Gasteiger partial charge in [-0.25, -0.2) is 0 Å². The van der Waals surface area contributed by atoms with Crippen molar-refractivity contribution in [3.8, 4) is 23.0 Å². The molecule has 0 radical (unpaired) electrons. The van der Waals surface area contributed by atoms with Gasteiger partial charge in [-0.2, -0.15) is 0 Å². The average Bonchev–Trinajstić information content (AvgIpc) is 2.82. The van der Waals surface area contributed by atoms with Gasteiger partial charge in [0.1, 0.15) is 6.61 Å². The highest BCUT2D eigenvalue weighted by atomic mass is 16.6. The first-order valence-electron chi connectivity index (χ1n) is 9.86. The summed E-state index contributed by atoms with van der Waals surface area (Å²) in [5, 5.41) is 0. The number of hydrogen-bond donors (Lipinski definition) is 0. The van der Waals surface area contributed by atoms with Gasteiger partial charge in [-0.15, -0.1) is 0 Å². The molecule has 4 rings (SSSR count). The van der Waals surface area contributed by atoms with Crippen LogP contribution in [0.3, 0.4) is 0 Å². The summed E-state index contributed by atoms with van der Waals surface area (Å²) in [7, 11) is 1.56. The summed E-state index contributed by atoms with van der Waals surface area (Å²) in [6, 6.07) is 14.5. The Balaban J connectivity index is 1.26. The van der Waals surface area contributed by atoms with Crippen LogP contribution in [0.2, 0.25) is 0 Å². The lowest BCUT2D eigenvalue weighted by Crippen LogP contribution is -2.55. The number of amides is 2. The Morgan fingerprint density at radius 2 is 1.57 bits per heavy atom. The highest BCUT2D eigenvalue weighted by Crippen LogP contribution is 2.31. The Morgan fingerprint density at radius 3 is 2.30 bits per heavy atom. The van der Waals surface area contributed by atoms with Crippen LogP contribution in [-0.2, 0) is 9.59 Å². The predicted octanol–water partition coefficient (Wildman–Crippen LogP) is 1.58. The number of carbonyl (C=O) groups is 2. The molecule has 2 aliphatic rings. The fourth-order valence-corrected chi connectivity index (χ4v) is 3.49. The fourth-order valence-electron chi connectivity index (χ4n) is 3.49. The van der Waals surface area contributed by atoms with Gasteiger partial charge >= 0.3 is 0 Å². The normalized spacial score (nSPS) is 18.0. The first kappa shape index (κ1) is 19.9. The van der Waals surface area contributed by atoms with E-state index in [9.17, 15) is 9.59 Å². The minimum atomic E-state index is -0.670. The monoisotopic (exact) mass is 412 g/mol. The molecule has 2 amide bonds. The number of rotatable bonds is 5. The summed E-state index contributed by atoms with van der Waals surface area (Å²) < 4.78 is 22.3. The van der Waals surface area contributed by atoms with Crippen LogP contribution in [0.1, 0.15) is 0 Å². The number of para-hydroxylation sites is 4. The molecule has 1 atom stereocenters. The van der Waals surface area contributed by atoms with Gasteiger partial charge < -0.3 is 28.7 Å². The quantitative estimate of drug-likeness (QED) is 0.742. The SMILES string of the molecule is COc1ccccc1OCC(=O)N1CCN(C(=O)[C@@H]2COc3ccccc3O2)CC1. The van der Waals surface area contributed by atoms with E-state index in [1.807, 2.05) is 30.3 Å². The van der Waals surface area contributed by atoms with Crippen LogP contribution in [-0.4, -0.2) is 74.2 Å². The predicted molar refractivity (Wildman–Crippen MR) is 108 cm³/mol. The Hall–Kier alpha value is -3.42. The zero-order valence-electron chi connectivity index (χ0n) is 16.8. The largest absolute Gasteiger partial charge is 0.493 e. The molecule has 30 heavy (non-hydrogen) atoms. The van der Waals surface area contributed by atoms with Crippen molar-refractivity contribution < 1.29 is 28.5 Å². The summed E-state index contributed by atoms with van der Waals surface area (Å²) in [6.45, 7) is 1.89. The van der Waals surface area contributed by atoms with Gasteiger partial charge in [0.2, 0.25) is 6.10 Å². The molecular formula is C22H24N2O6. The van der Waals surface area contributed by atoms with Gasteiger partial charge in [-0.1, -0.05) is 24.3 Å². The molecule has 2 aromatic carbocycles. The van der Waals surface area contributed by atoms with E-state index in [4.69, 9.17) is 18.9 Å². The van der Waals surface area contributed by atoms with Crippen LogP contribution >= 0.6 is 0 Å². The first-order valence-corrected chi connectivity index (χ1v) is 9.86. The fraction of sp³-hybridized carbons (Fsp3) is 0.364. The number of fused-ring (bicyclic) bond motifs is 1. The van der Waals surface area contributed by atoms with Crippen LogP contribution in [0, 0.1) is 0 Å². The van der Waals surface area contributed by atoms with Gasteiger partial charge in [-0.05, 0) is 24.3 Å². The standard InChI is InChI=1S/C22H24N2O6/c1-27-16-6-2-3-7-17(16)29-15-21(25)23-10-12-24(13-11-23)22(26)20-14-28-18-8-4-5-9-19(18)30-20/h2-9,20H,10-15H2,1H3/t20-/m0/s1. The molecule has 0 bridgehead atoms. The summed E-state index contributed by atoms with van der Waals surface area (Å²) in [4.78, 5) is 28.7. The highest BCUT2D eigenvalue weighted by Gasteiger charge is 2.33. The van der Waals surface area contributed by atoms with E-state index in [0.29, 0.717) is 49.2 Å². The van der Waals surface area contributed by atoms with E-state index in [1.54, 1.807) is 35.1 Å². The van der Waals surface area contributed by atoms with E-state index in [1.165, 1.54) is 0 Å². The maximum absolute atomic E-state index is 12.8. The first-order chi connectivity index (χ1) is 14.7. The number of nitrogens with zero attached hydrogens (tertiary/aromatic N) is 2. The molecule has 8 heteroatoms. The Kier molecular flexibility index (Phi) is 5.92. The van der Waals surface area contributed by atoms with Crippen molar-refractivity contribution in [2.75, 3.05) is 46.5 Å². The molecule has 0 aliphatic carbocycles. The van der Waals surface area contributed by atoms with E-state index < -0.39 is 6.10 Å². The summed E-state index contributed by atoms with van der Waals surface area (Å²) in [5.74, 6) is 2.08. The molecular weight excluding hydrogens is 388 g/mol. The van der Waals surface area contributed by atoms with Crippen molar-refractivity contribution in [3.63, 3.8) is 0 Å². The van der Waals surface area contributed by atoms with Crippen LogP contribution < -0.4 is 18.9 Å². The zero-order chi connectivity index (χ0) is 20.9. The molecule has 2 aliphatic heterocycles. The highest BCUT2D eigenvalue weighted by molar-refractivity contribution is 5.83. The van der Waals surface area contributed by atoms with E-state index in [2.05, 4.69) is 0 Å². The minimum Gasteiger partial charge on any atom is -0.493 e. The van der Waals surface area contributed by atoms with Gasteiger partial charge in [0.05, 0.1) is 7.11 Å². The molecule has 158 valence electrons. The molecule has 0 saturated carbocycles. The van der Waals surface area contributed by atoms with E-state index >= 15 is 0 Å². The molecule has 2 heterocycles. The van der Waals surface area contributed by atoms with Crippen molar-refractivity contribution >= 4 is 11.8 Å². The third-order valence-electron chi connectivity index (χ3n) is 5.15. The lowest BCUT2D eigenvalue weighted by molar-refractivity contribution is -0.146. The van der Waals surface area contributed by atoms with Gasteiger partial charge in [-0.3, -0.25) is 9.59 Å². The molecule has 1 fully saturated rings. The molecule has 0 aromatic heterocycles. The number of carbonyl (C=O) groups excluding carboxylic acids is 2. The maximum Gasteiger partial charge on any atom is 0.267 e. The second-order valence-electron chi connectivity index (χ2n) is 7.01. The Labute approximate surface area is 174 Å². The number of hydrogen-bond acceptors (Lipinski definition) is 6. The van der Waals surface area contributed by atoms with Crippen molar-refractivity contribution in [2.24, 2.45) is 0 Å². The maximum atomic E-state index is 12.8. The molecule has 1 saturated heterocycles. The van der Waals surface area contributed by atoms with Crippen molar-refractivity contribution in [1.82, 2.24) is 9.80 Å². The van der Waals surface area contributed by atoms with Crippen molar-refractivity contribution in [3.05, 3.63) is 48.5 Å². The summed E-state index contributed by atoms with van der Waals surface area (Å²) in [5.41, 5.74) is 0. The summed E-state index contributed by atoms with van der Waals surface area (Å²) in [6.07, 6.45) is -0.670. The molecule has 2 aromatic rings. The molecule has 0 N–H and O–H groups in total. The smallest absolute Gasteiger partial charge is 0.267 e. The molecule has 8 nitrogen and oxygen atoms in total. The third-order valence-corrected chi connectivity index (χ3v) is 5.15. The van der Waals surface area contributed by atoms with Gasteiger partial charge in [0.25, 0.3) is 11.8 Å². The number of ether oxygens (including phenoxy) is 4. The minimum absolute atomic E-state index is 0.0787. The number of piperazine rings is 1. The van der Waals surface area contributed by atoms with Gasteiger partial charge in [0.15, 0.2) is 29.6 Å². The van der Waals surface area contributed by atoms with Crippen LogP contribution in [0.5, 0.6) is 23.0 Å². The molecule has 0 unspecified atom stereocenters. The lowest BCUT2D eigenvalue weighted by atomic mass is 10.2. The van der Waals surface area contributed by atoms with Gasteiger partial charge in [0, 0.05) is 26.2 Å². The Morgan fingerprint density at radius 1 is 0.933 bits per heavy atom. The average molecular weight is 412 g/mol. The number of methoxy groups -OCH3 is 1. The second-order valence-corrected chi connectivity index (χ2v) is 7.01. The second kappa shape index (κ2) is 8.94. The third kappa shape index (κ3) is 4.27. The van der Waals surface area contributed by atoms with Crippen molar-refractivity contribution in [2.45, 2.75) is 6.10 Å². The van der Waals surface area contributed by atoms with Crippen LogP contribution in [0.4, 0.5) is 0 Å². The zero-order valence-corrected chi connectivity index (χ0v) is 16.8. The van der Waals surface area contributed by atoms with E-state index in [0.717, 1.165) is 0 Å². The van der Waals surface area contributed by atoms with Crippen LogP contribution in [0.25, 0.3) is 0 Å². The Bertz CT molecular complexity index is 910. The van der Waals surface area contributed by atoms with Crippen molar-refractivity contribution in [1.29, 1.82) is 0 Å². The van der Waals surface area contributed by atoms with E-state index in [-0.39, 0.29) is 25.0 Å².